The van der Waals surface area contributed by atoms with Crippen LogP contribution in [-0.2, 0) is 42.7 Å². The number of benzene rings is 4. The number of methoxy groups -OCH3 is 1. The molecule has 0 spiro atoms. The number of hydrogen-bond acceptors (Lipinski definition) is 27. The number of aliphatic hydroxyl groups excluding tert-OH is 9. The monoisotopic (exact) mass is 1110 g/mol. The van der Waals surface area contributed by atoms with Crippen LogP contribution in [0.2, 0.25) is 0 Å². The van der Waals surface area contributed by atoms with Crippen molar-refractivity contribution in [2.24, 2.45) is 0 Å². The van der Waals surface area contributed by atoms with Gasteiger partial charge in [0.05, 0.1) is 19.3 Å². The van der Waals surface area contributed by atoms with Crippen LogP contribution in [0.15, 0.2) is 84.6 Å². The molecule has 27 heteroatoms. The lowest BCUT2D eigenvalue weighted by atomic mass is 9.97. The first-order valence-corrected chi connectivity index (χ1v) is 24.0. The smallest absolute Gasteiger partial charge is 0.330 e. The predicted molar refractivity (Wildman–Crippen MR) is 261 cm³/mol. The Bertz CT molecular complexity index is 2910. The zero-order chi connectivity index (χ0) is 57.0. The minimum absolute atomic E-state index is 0.0261. The lowest BCUT2D eigenvalue weighted by molar-refractivity contribution is -0.364. The van der Waals surface area contributed by atoms with Crippen molar-refractivity contribution in [2.75, 3.05) is 26.9 Å². The number of rotatable bonds is 17. The molecule has 0 aromatic heterocycles. The molecule has 0 aliphatic carbocycles. The van der Waals surface area contributed by atoms with Gasteiger partial charge < -0.3 is 124 Å². The van der Waals surface area contributed by atoms with Crippen molar-refractivity contribution < 1.29 is 134 Å². The Morgan fingerprint density at radius 1 is 0.544 bits per heavy atom. The van der Waals surface area contributed by atoms with Gasteiger partial charge in [-0.15, -0.1) is 0 Å². The summed E-state index contributed by atoms with van der Waals surface area (Å²) in [5.41, 5.74) is 0.587. The molecule has 4 aliphatic heterocycles. The van der Waals surface area contributed by atoms with Gasteiger partial charge >= 0.3 is 11.9 Å². The summed E-state index contributed by atoms with van der Waals surface area (Å²) in [4.78, 5) is 25.8. The zero-order valence-corrected chi connectivity index (χ0v) is 41.2. The predicted octanol–water partition coefficient (Wildman–Crippen LogP) is -1.25. The van der Waals surface area contributed by atoms with E-state index >= 15 is 0 Å². The molecular formula is C52H56O27. The third-order valence-electron chi connectivity index (χ3n) is 12.9. The van der Waals surface area contributed by atoms with E-state index in [4.69, 9.17) is 47.4 Å². The van der Waals surface area contributed by atoms with Crippen LogP contribution in [-0.4, -0.2) is 208 Å². The average molecular weight is 1110 g/mol. The number of hydrogen-bond donors (Lipinski definition) is 15. The maximum atomic E-state index is 13.0. The number of esters is 2. The van der Waals surface area contributed by atoms with Gasteiger partial charge in [0.2, 0.25) is 12.6 Å². The minimum Gasteiger partial charge on any atom is -0.508 e. The number of fused-ring (bicyclic) bond motifs is 1. The van der Waals surface area contributed by atoms with Crippen molar-refractivity contribution in [3.63, 3.8) is 0 Å². The van der Waals surface area contributed by atoms with Crippen molar-refractivity contribution in [1.29, 1.82) is 0 Å². The van der Waals surface area contributed by atoms with E-state index in [0.717, 1.165) is 42.5 Å². The van der Waals surface area contributed by atoms with Gasteiger partial charge in [-0.05, 0) is 65.8 Å². The van der Waals surface area contributed by atoms with Crippen LogP contribution in [0.3, 0.4) is 0 Å². The standard InChI is InChI=1S/C52H56O27/c1-70-33-13-22(3-8-28(33)57)5-11-39(61)71-19-36-41(63)44(66)47(69)51(77-36)79-49-45(67)42(64)37(20-72-38(60)10-4-21-2-7-26(55)29(58)12-21)78-52(49)75-34-17-25-31(73-48(34)23-6-9-27(56)30(59)14-23)15-24(54)16-32(25)74-50-46(68)43(65)40(62)35(18-53)76-50/h2-17,35-37,40-59,62-69H,18-20H2,1H3. The minimum atomic E-state index is -2.17. The van der Waals surface area contributed by atoms with Gasteiger partial charge in [0, 0.05) is 29.8 Å². The second kappa shape index (κ2) is 24.7. The molecule has 8 rings (SSSR count). The van der Waals surface area contributed by atoms with Crippen LogP contribution in [0.4, 0.5) is 0 Å². The molecule has 4 aliphatic rings. The molecule has 0 amide bonds. The number of phenols is 6. The van der Waals surface area contributed by atoms with Crippen molar-refractivity contribution in [3.8, 4) is 51.7 Å². The summed E-state index contributed by atoms with van der Waals surface area (Å²) in [7, 11) is 1.32. The van der Waals surface area contributed by atoms with Gasteiger partial charge in [-0.2, -0.15) is 0 Å². The molecule has 0 bridgehead atoms. The van der Waals surface area contributed by atoms with Gasteiger partial charge in [0.25, 0.3) is 0 Å². The molecule has 16 unspecified atom stereocenters. The van der Waals surface area contributed by atoms with E-state index < -0.39 is 159 Å². The Hall–Kier alpha value is -7.48. The van der Waals surface area contributed by atoms with E-state index in [2.05, 4.69) is 0 Å². The SMILES string of the molecule is COc1cc(C=CC(=O)OCC2OC(OC3C(OC4=Cc5c(cc(O)cc5OC5OC(CO)C(O)C(O)C5O)OC4c4ccc(O)c(O)c4)OC(COC(=O)C=Cc4ccc(O)c(O)c4)C(O)C3O)C(O)C(O)C2O)ccc1O. The fourth-order valence-corrected chi connectivity index (χ4v) is 8.58. The fraction of sp³-hybridized carbons (Fsp3) is 0.385. The number of ether oxygens (including phenoxy) is 10. The van der Waals surface area contributed by atoms with Crippen molar-refractivity contribution in [2.45, 2.75) is 98.2 Å². The molecule has 426 valence electrons. The lowest BCUT2D eigenvalue weighted by Crippen LogP contribution is -2.64. The molecule has 0 saturated carbocycles. The quantitative estimate of drug-likeness (QED) is 0.0334. The van der Waals surface area contributed by atoms with Crippen molar-refractivity contribution in [3.05, 3.63) is 107 Å². The topological polar surface area (TPSA) is 430 Å². The third kappa shape index (κ3) is 13.0. The van der Waals surface area contributed by atoms with E-state index in [-0.39, 0.29) is 45.4 Å². The van der Waals surface area contributed by atoms with Crippen LogP contribution in [0, 0.1) is 0 Å². The highest BCUT2D eigenvalue weighted by molar-refractivity contribution is 5.87. The number of phenolic OH excluding ortho intramolecular Hbond substituents is 6. The van der Waals surface area contributed by atoms with Gasteiger partial charge in [0.1, 0.15) is 103 Å². The second-order valence-electron chi connectivity index (χ2n) is 18.3. The van der Waals surface area contributed by atoms with Crippen molar-refractivity contribution in [1.82, 2.24) is 0 Å². The van der Waals surface area contributed by atoms with Crippen LogP contribution in [0.1, 0.15) is 28.4 Å². The summed E-state index contributed by atoms with van der Waals surface area (Å²) in [5, 5.41) is 159. The van der Waals surface area contributed by atoms with E-state index in [0.29, 0.717) is 5.56 Å². The third-order valence-corrected chi connectivity index (χ3v) is 12.9. The lowest BCUT2D eigenvalue weighted by Gasteiger charge is -2.46. The summed E-state index contributed by atoms with van der Waals surface area (Å²) < 4.78 is 57.8. The summed E-state index contributed by atoms with van der Waals surface area (Å²) in [6.07, 6.45) is -24.7. The Labute approximate surface area is 446 Å². The number of carbonyl (C=O) groups excluding carboxylic acids is 2. The first kappa shape index (κ1) is 57.7. The van der Waals surface area contributed by atoms with Gasteiger partial charge in [0.15, 0.2) is 53.0 Å². The number of carbonyl (C=O) groups is 2. The molecular weight excluding hydrogens is 1060 g/mol. The van der Waals surface area contributed by atoms with Crippen LogP contribution >= 0.6 is 0 Å². The first-order valence-electron chi connectivity index (χ1n) is 24.0. The Kier molecular flexibility index (Phi) is 18.0. The van der Waals surface area contributed by atoms with E-state index in [1.165, 1.54) is 61.7 Å². The molecule has 3 saturated heterocycles. The van der Waals surface area contributed by atoms with Crippen LogP contribution < -0.4 is 14.2 Å². The number of aromatic hydroxyl groups is 6. The fourth-order valence-electron chi connectivity index (χ4n) is 8.58. The summed E-state index contributed by atoms with van der Waals surface area (Å²) in [6, 6.07) is 13.5. The summed E-state index contributed by atoms with van der Waals surface area (Å²) >= 11 is 0. The molecule has 4 aromatic rings. The van der Waals surface area contributed by atoms with Gasteiger partial charge in [-0.3, -0.25) is 0 Å². The van der Waals surface area contributed by atoms with E-state index in [1.807, 2.05) is 0 Å². The molecule has 3 fully saturated rings. The number of aliphatic hydroxyl groups is 9. The molecule has 27 nitrogen and oxygen atoms in total. The zero-order valence-electron chi connectivity index (χ0n) is 41.2. The largest absolute Gasteiger partial charge is 0.508 e. The Balaban J connectivity index is 1.11. The van der Waals surface area contributed by atoms with Crippen LogP contribution in [0.25, 0.3) is 18.2 Å². The Morgan fingerprint density at radius 2 is 1.09 bits per heavy atom. The van der Waals surface area contributed by atoms with Crippen molar-refractivity contribution >= 4 is 30.2 Å². The highest BCUT2D eigenvalue weighted by Gasteiger charge is 2.53. The molecule has 16 atom stereocenters. The average Bonchev–Trinajstić information content (AvgIpc) is 3.43. The normalized spacial score (nSPS) is 30.7. The molecule has 15 N–H and O–H groups in total. The van der Waals surface area contributed by atoms with E-state index in [1.54, 1.807) is 0 Å². The van der Waals surface area contributed by atoms with Gasteiger partial charge in [-0.25, -0.2) is 9.59 Å². The Morgan fingerprint density at radius 3 is 1.70 bits per heavy atom. The summed E-state index contributed by atoms with van der Waals surface area (Å²) in [5.74, 6) is -5.60. The maximum absolute atomic E-state index is 13.0. The molecule has 4 aromatic carbocycles. The van der Waals surface area contributed by atoms with Crippen LogP contribution in [0.5, 0.6) is 51.7 Å². The highest BCUT2D eigenvalue weighted by Crippen LogP contribution is 2.47. The first-order chi connectivity index (χ1) is 37.6. The molecule has 4 heterocycles. The van der Waals surface area contributed by atoms with E-state index in [9.17, 15) is 86.2 Å². The highest BCUT2D eigenvalue weighted by atomic mass is 16.8. The summed E-state index contributed by atoms with van der Waals surface area (Å²) in [6.45, 7) is -2.43. The molecule has 79 heavy (non-hydrogen) atoms. The second-order valence-corrected chi connectivity index (χ2v) is 18.3. The maximum Gasteiger partial charge on any atom is 0.330 e. The van der Waals surface area contributed by atoms with Gasteiger partial charge in [-0.1, -0.05) is 18.2 Å². The molecule has 0 radical (unpaired) electrons.